The molecule has 1 aliphatic carbocycles. The van der Waals surface area contributed by atoms with Crippen LogP contribution in [0.3, 0.4) is 0 Å². The third-order valence-corrected chi connectivity index (χ3v) is 4.73. The van der Waals surface area contributed by atoms with Crippen LogP contribution in [0.4, 0.5) is 0 Å². The Bertz CT molecular complexity index is 444. The first-order chi connectivity index (χ1) is 8.33. The molecular weight excluding hydrogens is 248 g/mol. The van der Waals surface area contributed by atoms with E-state index in [1.165, 1.54) is 0 Å². The highest BCUT2D eigenvalue weighted by molar-refractivity contribution is 7.09. The molecule has 0 radical (unpaired) electrons. The van der Waals surface area contributed by atoms with E-state index in [4.69, 9.17) is 0 Å². The van der Waals surface area contributed by atoms with Crippen LogP contribution in [0.25, 0.3) is 0 Å². The van der Waals surface area contributed by atoms with Crippen molar-refractivity contribution in [1.82, 2.24) is 10.3 Å². The maximum Gasteiger partial charge on any atom is 0.323 e. The van der Waals surface area contributed by atoms with E-state index in [2.05, 4.69) is 31.1 Å². The number of rotatable bonds is 4. The first kappa shape index (κ1) is 13.5. The van der Waals surface area contributed by atoms with Crippen LogP contribution < -0.4 is 5.32 Å². The lowest BCUT2D eigenvalue weighted by Crippen LogP contribution is -2.56. The number of aliphatic carboxylic acids is 1. The second kappa shape index (κ2) is 4.63. The molecule has 0 aliphatic heterocycles. The van der Waals surface area contributed by atoms with Crippen molar-refractivity contribution in [1.29, 1.82) is 0 Å². The Labute approximate surface area is 111 Å². The molecule has 1 aromatic heterocycles. The van der Waals surface area contributed by atoms with Crippen LogP contribution in [0.5, 0.6) is 0 Å². The first-order valence-electron chi connectivity index (χ1n) is 6.27. The standard InChI is InChI=1S/C13H20N2O2S/c1-12(2,3)10-15-9(8-18-10)7-14-13(11(16)17)5-4-6-13/h8,14H,4-7H2,1-3H3,(H,16,17). The van der Waals surface area contributed by atoms with Gasteiger partial charge in [0.1, 0.15) is 5.54 Å². The van der Waals surface area contributed by atoms with Crippen LogP contribution in [0.2, 0.25) is 0 Å². The van der Waals surface area contributed by atoms with Crippen molar-refractivity contribution in [3.05, 3.63) is 16.1 Å². The van der Waals surface area contributed by atoms with Crippen molar-refractivity contribution in [2.45, 2.75) is 57.5 Å². The van der Waals surface area contributed by atoms with E-state index in [0.29, 0.717) is 6.54 Å². The molecular formula is C13H20N2O2S. The smallest absolute Gasteiger partial charge is 0.323 e. The summed E-state index contributed by atoms with van der Waals surface area (Å²) in [4.78, 5) is 15.8. The fourth-order valence-corrected chi connectivity index (χ4v) is 2.90. The fourth-order valence-electron chi connectivity index (χ4n) is 1.99. The van der Waals surface area contributed by atoms with Gasteiger partial charge in [-0.25, -0.2) is 4.98 Å². The van der Waals surface area contributed by atoms with Gasteiger partial charge in [-0.05, 0) is 19.3 Å². The first-order valence-corrected chi connectivity index (χ1v) is 7.15. The van der Waals surface area contributed by atoms with Crippen LogP contribution in [0.1, 0.15) is 50.7 Å². The SMILES string of the molecule is CC(C)(C)c1nc(CNC2(C(=O)O)CCC2)cs1. The van der Waals surface area contributed by atoms with Gasteiger partial charge < -0.3 is 5.11 Å². The van der Waals surface area contributed by atoms with Gasteiger partial charge in [0, 0.05) is 17.3 Å². The highest BCUT2D eigenvalue weighted by atomic mass is 32.1. The number of hydrogen-bond donors (Lipinski definition) is 2. The van der Waals surface area contributed by atoms with Gasteiger partial charge in [-0.3, -0.25) is 10.1 Å². The minimum absolute atomic E-state index is 0.0594. The Balaban J connectivity index is 1.98. The van der Waals surface area contributed by atoms with Gasteiger partial charge in [0.05, 0.1) is 10.7 Å². The minimum Gasteiger partial charge on any atom is -0.480 e. The van der Waals surface area contributed by atoms with Crippen molar-refractivity contribution in [3.8, 4) is 0 Å². The Hall–Kier alpha value is -0.940. The van der Waals surface area contributed by atoms with Gasteiger partial charge in [-0.15, -0.1) is 11.3 Å². The van der Waals surface area contributed by atoms with Gasteiger partial charge in [0.25, 0.3) is 0 Å². The summed E-state index contributed by atoms with van der Waals surface area (Å²) in [5.74, 6) is -0.736. The van der Waals surface area contributed by atoms with Crippen LogP contribution in [0.15, 0.2) is 5.38 Å². The maximum absolute atomic E-state index is 11.2. The zero-order valence-corrected chi connectivity index (χ0v) is 11.9. The van der Waals surface area contributed by atoms with Crippen LogP contribution in [-0.4, -0.2) is 21.6 Å². The summed E-state index contributed by atoms with van der Waals surface area (Å²) < 4.78 is 0. The molecule has 0 spiro atoms. The topological polar surface area (TPSA) is 62.2 Å². The zero-order valence-electron chi connectivity index (χ0n) is 11.1. The van der Waals surface area contributed by atoms with Crippen LogP contribution in [-0.2, 0) is 16.8 Å². The molecule has 0 unspecified atom stereocenters. The summed E-state index contributed by atoms with van der Waals surface area (Å²) in [6, 6.07) is 0. The average molecular weight is 268 g/mol. The summed E-state index contributed by atoms with van der Waals surface area (Å²) in [6.45, 7) is 6.94. The largest absolute Gasteiger partial charge is 0.480 e. The second-order valence-corrected chi connectivity index (χ2v) is 6.85. The highest BCUT2D eigenvalue weighted by Gasteiger charge is 2.43. The molecule has 100 valence electrons. The van der Waals surface area contributed by atoms with E-state index in [-0.39, 0.29) is 5.41 Å². The Morgan fingerprint density at radius 2 is 2.22 bits per heavy atom. The van der Waals surface area contributed by atoms with Crippen LogP contribution >= 0.6 is 11.3 Å². The van der Waals surface area contributed by atoms with E-state index in [1.807, 2.05) is 5.38 Å². The number of hydrogen-bond acceptors (Lipinski definition) is 4. The number of nitrogens with zero attached hydrogens (tertiary/aromatic N) is 1. The van der Waals surface area contributed by atoms with E-state index in [0.717, 1.165) is 30.0 Å². The number of thiazole rings is 1. The molecule has 2 rings (SSSR count). The van der Waals surface area contributed by atoms with E-state index < -0.39 is 11.5 Å². The average Bonchev–Trinajstić information content (AvgIpc) is 2.63. The third-order valence-electron chi connectivity index (χ3n) is 3.42. The summed E-state index contributed by atoms with van der Waals surface area (Å²) in [5.41, 5.74) is 0.299. The summed E-state index contributed by atoms with van der Waals surface area (Å²) in [5, 5.41) is 15.5. The molecule has 0 amide bonds. The van der Waals surface area contributed by atoms with Gasteiger partial charge in [-0.1, -0.05) is 20.8 Å². The number of nitrogens with one attached hydrogen (secondary N) is 1. The quantitative estimate of drug-likeness (QED) is 0.881. The molecule has 1 aliphatic rings. The summed E-state index contributed by atoms with van der Waals surface area (Å²) in [7, 11) is 0. The predicted molar refractivity (Wildman–Crippen MR) is 71.9 cm³/mol. The Morgan fingerprint density at radius 3 is 2.61 bits per heavy atom. The van der Waals surface area contributed by atoms with Crippen LogP contribution in [0, 0.1) is 0 Å². The molecule has 2 N–H and O–H groups in total. The van der Waals surface area contributed by atoms with Crippen molar-refractivity contribution in [2.75, 3.05) is 0 Å². The van der Waals surface area contributed by atoms with Crippen molar-refractivity contribution < 1.29 is 9.90 Å². The molecule has 1 heterocycles. The molecule has 0 bridgehead atoms. The van der Waals surface area contributed by atoms with Crippen molar-refractivity contribution in [3.63, 3.8) is 0 Å². The lowest BCUT2D eigenvalue weighted by atomic mass is 9.77. The van der Waals surface area contributed by atoms with Gasteiger partial charge in [-0.2, -0.15) is 0 Å². The van der Waals surface area contributed by atoms with E-state index >= 15 is 0 Å². The van der Waals surface area contributed by atoms with E-state index in [1.54, 1.807) is 11.3 Å². The van der Waals surface area contributed by atoms with Crippen molar-refractivity contribution in [2.24, 2.45) is 0 Å². The van der Waals surface area contributed by atoms with E-state index in [9.17, 15) is 9.90 Å². The zero-order chi connectivity index (χ0) is 13.4. The molecule has 5 heteroatoms. The molecule has 1 fully saturated rings. The monoisotopic (exact) mass is 268 g/mol. The van der Waals surface area contributed by atoms with Gasteiger partial charge in [0.15, 0.2) is 0 Å². The van der Waals surface area contributed by atoms with Gasteiger partial charge >= 0.3 is 5.97 Å². The molecule has 1 aromatic rings. The lowest BCUT2D eigenvalue weighted by molar-refractivity contribution is -0.148. The highest BCUT2D eigenvalue weighted by Crippen LogP contribution is 2.32. The third kappa shape index (κ3) is 2.57. The Kier molecular flexibility index (Phi) is 3.47. The summed E-state index contributed by atoms with van der Waals surface area (Å²) >= 11 is 1.64. The molecule has 1 saturated carbocycles. The normalized spacial score (nSPS) is 18.4. The minimum atomic E-state index is -0.736. The van der Waals surface area contributed by atoms with Crippen molar-refractivity contribution >= 4 is 17.3 Å². The molecule has 4 nitrogen and oxygen atoms in total. The molecule has 0 saturated heterocycles. The number of carboxylic acid groups (broad SMARTS) is 1. The molecule has 0 aromatic carbocycles. The number of aromatic nitrogens is 1. The Morgan fingerprint density at radius 1 is 1.56 bits per heavy atom. The second-order valence-electron chi connectivity index (χ2n) is 5.99. The number of carbonyl (C=O) groups is 1. The molecule has 18 heavy (non-hydrogen) atoms. The fraction of sp³-hybridized carbons (Fsp3) is 0.692. The molecule has 0 atom stereocenters. The van der Waals surface area contributed by atoms with Gasteiger partial charge in [0.2, 0.25) is 0 Å². The predicted octanol–water partition coefficient (Wildman–Crippen LogP) is 2.54. The maximum atomic E-state index is 11.2. The number of carboxylic acids is 1. The lowest BCUT2D eigenvalue weighted by Gasteiger charge is -2.38. The summed E-state index contributed by atoms with van der Waals surface area (Å²) in [6.07, 6.45) is 2.43.